The zero-order valence-corrected chi connectivity index (χ0v) is 9.92. The molecule has 15 heavy (non-hydrogen) atoms. The van der Waals surface area contributed by atoms with Gasteiger partial charge in [-0.2, -0.15) is 0 Å². The highest BCUT2D eigenvalue weighted by Gasteiger charge is 2.43. The van der Waals surface area contributed by atoms with Crippen molar-refractivity contribution in [2.75, 3.05) is 0 Å². The van der Waals surface area contributed by atoms with Crippen molar-refractivity contribution in [1.29, 1.82) is 0 Å². The number of hydrogen-bond acceptors (Lipinski definition) is 1. The Kier molecular flexibility index (Phi) is 3.25. The monoisotopic (exact) mass is 206 g/mol. The van der Waals surface area contributed by atoms with Gasteiger partial charge in [0.1, 0.15) is 0 Å². The molecule has 0 radical (unpaired) electrons. The van der Waals surface area contributed by atoms with Crippen LogP contribution >= 0.6 is 0 Å². The van der Waals surface area contributed by atoms with E-state index in [4.69, 9.17) is 0 Å². The molecule has 1 aliphatic rings. The lowest BCUT2D eigenvalue weighted by atomic mass is 9.61. The average molecular weight is 206 g/mol. The molecule has 0 aliphatic heterocycles. The van der Waals surface area contributed by atoms with Gasteiger partial charge in [-0.3, -0.25) is 0 Å². The molecule has 1 aliphatic carbocycles. The van der Waals surface area contributed by atoms with Crippen LogP contribution in [0.3, 0.4) is 0 Å². The van der Waals surface area contributed by atoms with Gasteiger partial charge < -0.3 is 5.11 Å². The van der Waals surface area contributed by atoms with Gasteiger partial charge in [0.15, 0.2) is 0 Å². The molecule has 0 amide bonds. The lowest BCUT2D eigenvalue weighted by Crippen LogP contribution is -2.43. The van der Waals surface area contributed by atoms with Gasteiger partial charge in [0.2, 0.25) is 0 Å². The summed E-state index contributed by atoms with van der Waals surface area (Å²) in [6.07, 6.45) is 6.37. The summed E-state index contributed by atoms with van der Waals surface area (Å²) in [5.74, 6) is 0.283. The van der Waals surface area contributed by atoms with Crippen LogP contribution in [0.4, 0.5) is 0 Å². The second kappa shape index (κ2) is 3.97. The fourth-order valence-corrected chi connectivity index (χ4v) is 2.35. The van der Waals surface area contributed by atoms with Crippen molar-refractivity contribution in [1.82, 2.24) is 0 Å². The average Bonchev–Trinajstić information content (AvgIpc) is 2.22. The molecule has 0 aromatic heterocycles. The summed E-state index contributed by atoms with van der Waals surface area (Å²) in [6, 6.07) is 0. The van der Waals surface area contributed by atoms with Crippen LogP contribution in [-0.4, -0.2) is 10.7 Å². The molecule has 0 aromatic rings. The van der Waals surface area contributed by atoms with Gasteiger partial charge in [0.05, 0.1) is 5.60 Å². The Morgan fingerprint density at radius 1 is 1.40 bits per heavy atom. The molecule has 1 heteroatoms. The van der Waals surface area contributed by atoms with E-state index in [0.29, 0.717) is 6.42 Å². The molecule has 0 bridgehead atoms. The number of allylic oxidation sites excluding steroid dienone is 2. The summed E-state index contributed by atoms with van der Waals surface area (Å²) in [7, 11) is 0. The van der Waals surface area contributed by atoms with Crippen molar-refractivity contribution < 1.29 is 5.11 Å². The molecule has 1 nitrogen and oxygen atoms in total. The van der Waals surface area contributed by atoms with Gasteiger partial charge >= 0.3 is 0 Å². The minimum absolute atomic E-state index is 0.0728. The predicted octanol–water partition coefficient (Wildman–Crippen LogP) is 3.47. The molecule has 0 saturated heterocycles. The summed E-state index contributed by atoms with van der Waals surface area (Å²) in [5.41, 5.74) is 0.227. The zero-order chi connectivity index (χ0) is 11.7. The molecule has 1 fully saturated rings. The minimum atomic E-state index is -0.707. The van der Waals surface area contributed by atoms with Crippen LogP contribution in [0.15, 0.2) is 37.5 Å². The standard InChI is InChI=1S/C14H22O/c1-6-12-10-14(15,11(3)4)9-8-13(12,5)7-2/h6-7,12,15H,1-3,8-10H2,4-5H3. The van der Waals surface area contributed by atoms with E-state index < -0.39 is 5.60 Å². The van der Waals surface area contributed by atoms with Gasteiger partial charge in [-0.1, -0.05) is 25.7 Å². The summed E-state index contributed by atoms with van der Waals surface area (Å²) in [6.45, 7) is 15.7. The Labute approximate surface area is 93.2 Å². The Balaban J connectivity index is 2.93. The van der Waals surface area contributed by atoms with Gasteiger partial charge in [0, 0.05) is 0 Å². The third kappa shape index (κ3) is 2.07. The van der Waals surface area contributed by atoms with Crippen LogP contribution in [0.25, 0.3) is 0 Å². The Bertz CT molecular complexity index is 292. The van der Waals surface area contributed by atoms with E-state index in [1.807, 2.05) is 19.1 Å². The number of rotatable bonds is 3. The van der Waals surface area contributed by atoms with Crippen molar-refractivity contribution in [3.63, 3.8) is 0 Å². The zero-order valence-electron chi connectivity index (χ0n) is 9.92. The van der Waals surface area contributed by atoms with Crippen molar-refractivity contribution >= 4 is 0 Å². The molecular weight excluding hydrogens is 184 g/mol. The third-order valence-corrected chi connectivity index (χ3v) is 4.03. The minimum Gasteiger partial charge on any atom is -0.386 e. The van der Waals surface area contributed by atoms with Crippen LogP contribution in [-0.2, 0) is 0 Å². The van der Waals surface area contributed by atoms with Gasteiger partial charge in [-0.15, -0.1) is 13.2 Å². The van der Waals surface area contributed by atoms with Gasteiger partial charge in [-0.05, 0) is 43.1 Å². The summed E-state index contributed by atoms with van der Waals surface area (Å²) >= 11 is 0. The highest BCUT2D eigenvalue weighted by molar-refractivity contribution is 5.18. The maximum atomic E-state index is 10.4. The van der Waals surface area contributed by atoms with E-state index in [1.165, 1.54) is 0 Å². The molecule has 1 saturated carbocycles. The predicted molar refractivity (Wildman–Crippen MR) is 65.6 cm³/mol. The van der Waals surface area contributed by atoms with Crippen LogP contribution in [0.5, 0.6) is 0 Å². The van der Waals surface area contributed by atoms with E-state index in [1.54, 1.807) is 0 Å². The molecule has 1 N–H and O–H groups in total. The maximum Gasteiger partial charge on any atom is 0.0857 e. The molecule has 0 heterocycles. The molecule has 1 rings (SSSR count). The van der Waals surface area contributed by atoms with E-state index in [-0.39, 0.29) is 11.3 Å². The first-order chi connectivity index (χ1) is 6.88. The lowest BCUT2D eigenvalue weighted by Gasteiger charge is -2.46. The molecule has 0 aromatic carbocycles. The highest BCUT2D eigenvalue weighted by Crippen LogP contribution is 2.48. The Morgan fingerprint density at radius 2 is 2.00 bits per heavy atom. The summed E-state index contributed by atoms with van der Waals surface area (Å²) in [5, 5.41) is 10.4. The molecule has 0 spiro atoms. The Morgan fingerprint density at radius 3 is 2.40 bits per heavy atom. The van der Waals surface area contributed by atoms with Crippen LogP contribution in [0, 0.1) is 11.3 Å². The SMILES string of the molecule is C=CC1CC(O)(C(=C)C)CCC1(C)C=C. The fourth-order valence-electron chi connectivity index (χ4n) is 2.35. The largest absolute Gasteiger partial charge is 0.386 e. The van der Waals surface area contributed by atoms with Crippen LogP contribution in [0.2, 0.25) is 0 Å². The van der Waals surface area contributed by atoms with Gasteiger partial charge in [0.25, 0.3) is 0 Å². The molecule has 84 valence electrons. The van der Waals surface area contributed by atoms with E-state index in [0.717, 1.165) is 18.4 Å². The van der Waals surface area contributed by atoms with Crippen LogP contribution in [0.1, 0.15) is 33.1 Å². The first-order valence-corrected chi connectivity index (χ1v) is 5.52. The van der Waals surface area contributed by atoms with Crippen molar-refractivity contribution in [2.24, 2.45) is 11.3 Å². The second-order valence-electron chi connectivity index (χ2n) is 5.07. The first-order valence-electron chi connectivity index (χ1n) is 5.52. The lowest BCUT2D eigenvalue weighted by molar-refractivity contribution is -0.00876. The van der Waals surface area contributed by atoms with Crippen molar-refractivity contribution in [2.45, 2.75) is 38.7 Å². The maximum absolute atomic E-state index is 10.4. The normalized spacial score (nSPS) is 40.9. The Hall–Kier alpha value is -0.820. The summed E-state index contributed by atoms with van der Waals surface area (Å²) in [4.78, 5) is 0. The number of aliphatic hydroxyl groups is 1. The summed E-state index contributed by atoms with van der Waals surface area (Å²) < 4.78 is 0. The second-order valence-corrected chi connectivity index (χ2v) is 5.07. The highest BCUT2D eigenvalue weighted by atomic mass is 16.3. The third-order valence-electron chi connectivity index (χ3n) is 4.03. The van der Waals surface area contributed by atoms with E-state index >= 15 is 0 Å². The van der Waals surface area contributed by atoms with E-state index in [9.17, 15) is 5.11 Å². The first kappa shape index (κ1) is 12.3. The fraction of sp³-hybridized carbons (Fsp3) is 0.571. The number of hydrogen-bond donors (Lipinski definition) is 1. The van der Waals surface area contributed by atoms with E-state index in [2.05, 4.69) is 26.7 Å². The molecule has 3 unspecified atom stereocenters. The van der Waals surface area contributed by atoms with Crippen molar-refractivity contribution in [3.05, 3.63) is 37.5 Å². The topological polar surface area (TPSA) is 20.2 Å². The van der Waals surface area contributed by atoms with Crippen molar-refractivity contribution in [3.8, 4) is 0 Å². The van der Waals surface area contributed by atoms with Crippen LogP contribution < -0.4 is 0 Å². The molecule has 3 atom stereocenters. The molecular formula is C14H22O. The smallest absolute Gasteiger partial charge is 0.0857 e. The quantitative estimate of drug-likeness (QED) is 0.701. The van der Waals surface area contributed by atoms with Gasteiger partial charge in [-0.25, -0.2) is 0 Å².